The summed E-state index contributed by atoms with van der Waals surface area (Å²) in [5.74, 6) is -0.344. The highest BCUT2D eigenvalue weighted by atomic mass is 32.1. The Morgan fingerprint density at radius 1 is 1.43 bits per heavy atom. The largest absolute Gasteiger partial charge is 0.481 e. The molecule has 0 saturated heterocycles. The van der Waals surface area contributed by atoms with Gasteiger partial charge in [0.15, 0.2) is 6.61 Å². The van der Waals surface area contributed by atoms with Gasteiger partial charge in [-0.3, -0.25) is 0 Å². The monoisotopic (exact) mass is 212 g/mol. The highest BCUT2D eigenvalue weighted by molar-refractivity contribution is 7.80. The fourth-order valence-corrected chi connectivity index (χ4v) is 1.68. The third-order valence-corrected chi connectivity index (χ3v) is 2.04. The minimum Gasteiger partial charge on any atom is -0.481 e. The second kappa shape index (κ2) is 4.37. The van der Waals surface area contributed by atoms with E-state index in [1.165, 1.54) is 0 Å². The highest BCUT2D eigenvalue weighted by Gasteiger charge is 2.06. The lowest BCUT2D eigenvalue weighted by atomic mass is 10.1. The number of ether oxygens (including phenoxy) is 1. The maximum Gasteiger partial charge on any atom is 0.341 e. The van der Waals surface area contributed by atoms with Gasteiger partial charge in [-0.15, -0.1) is 12.6 Å². The Morgan fingerprint density at radius 3 is 2.36 bits per heavy atom. The molecule has 0 aliphatic heterocycles. The predicted octanol–water partition coefficient (Wildman–Crippen LogP) is 2.06. The number of hydrogen-bond acceptors (Lipinski definition) is 3. The van der Waals surface area contributed by atoms with Gasteiger partial charge < -0.3 is 9.84 Å². The number of carboxylic acids is 1. The number of carbonyl (C=O) groups is 1. The fourth-order valence-electron chi connectivity index (χ4n) is 1.29. The van der Waals surface area contributed by atoms with Gasteiger partial charge >= 0.3 is 5.97 Å². The van der Waals surface area contributed by atoms with Gasteiger partial charge in [-0.2, -0.15) is 0 Å². The average Bonchev–Trinajstić information content (AvgIpc) is 2.01. The minimum atomic E-state index is -0.973. The van der Waals surface area contributed by atoms with E-state index in [1.807, 2.05) is 26.0 Å². The number of rotatable bonds is 3. The molecule has 1 aromatic carbocycles. The van der Waals surface area contributed by atoms with Gasteiger partial charge in [-0.25, -0.2) is 4.79 Å². The Morgan fingerprint density at radius 2 is 1.93 bits per heavy atom. The fraction of sp³-hybridized carbons (Fsp3) is 0.300. The maximum absolute atomic E-state index is 10.3. The van der Waals surface area contributed by atoms with Crippen molar-refractivity contribution in [1.82, 2.24) is 0 Å². The van der Waals surface area contributed by atoms with Gasteiger partial charge in [-0.1, -0.05) is 0 Å². The molecule has 76 valence electrons. The first-order valence-electron chi connectivity index (χ1n) is 4.15. The van der Waals surface area contributed by atoms with Crippen LogP contribution < -0.4 is 4.74 Å². The van der Waals surface area contributed by atoms with Crippen molar-refractivity contribution in [2.45, 2.75) is 18.7 Å². The number of aryl methyl sites for hydroxylation is 2. The first-order valence-corrected chi connectivity index (χ1v) is 4.60. The van der Waals surface area contributed by atoms with Crippen molar-refractivity contribution in [2.24, 2.45) is 0 Å². The average molecular weight is 212 g/mol. The maximum atomic E-state index is 10.3. The smallest absolute Gasteiger partial charge is 0.341 e. The quantitative estimate of drug-likeness (QED) is 0.754. The second-order valence-corrected chi connectivity index (χ2v) is 3.61. The van der Waals surface area contributed by atoms with Crippen molar-refractivity contribution in [3.8, 4) is 5.75 Å². The van der Waals surface area contributed by atoms with E-state index < -0.39 is 5.97 Å². The molecule has 0 aliphatic carbocycles. The number of hydrogen-bond donors (Lipinski definition) is 2. The van der Waals surface area contributed by atoms with E-state index >= 15 is 0 Å². The summed E-state index contributed by atoms with van der Waals surface area (Å²) in [6, 6.07) is 3.68. The van der Waals surface area contributed by atoms with Crippen molar-refractivity contribution >= 4 is 18.6 Å². The molecule has 0 heterocycles. The summed E-state index contributed by atoms with van der Waals surface area (Å²) >= 11 is 4.21. The molecule has 0 amide bonds. The Hall–Kier alpha value is -1.16. The van der Waals surface area contributed by atoms with Gasteiger partial charge in [0, 0.05) is 4.90 Å². The molecule has 14 heavy (non-hydrogen) atoms. The lowest BCUT2D eigenvalue weighted by Gasteiger charge is -2.10. The van der Waals surface area contributed by atoms with Gasteiger partial charge in [0.1, 0.15) is 5.75 Å². The summed E-state index contributed by atoms with van der Waals surface area (Å²) in [5, 5.41) is 8.47. The van der Waals surface area contributed by atoms with Crippen molar-refractivity contribution < 1.29 is 14.6 Å². The van der Waals surface area contributed by atoms with E-state index in [1.54, 1.807) is 0 Å². The Balaban J connectivity index is 2.91. The summed E-state index contributed by atoms with van der Waals surface area (Å²) in [7, 11) is 0. The second-order valence-electron chi connectivity index (χ2n) is 3.09. The van der Waals surface area contributed by atoms with Gasteiger partial charge in [0.2, 0.25) is 0 Å². The first kappa shape index (κ1) is 10.9. The zero-order valence-corrected chi connectivity index (χ0v) is 8.97. The van der Waals surface area contributed by atoms with Gasteiger partial charge in [0.05, 0.1) is 0 Å². The molecule has 0 unspecified atom stereocenters. The third kappa shape index (κ3) is 2.67. The Labute approximate surface area is 88.1 Å². The normalized spacial score (nSPS) is 9.93. The molecule has 0 atom stereocenters. The van der Waals surface area contributed by atoms with Crippen LogP contribution in [-0.4, -0.2) is 17.7 Å². The molecule has 0 radical (unpaired) electrons. The third-order valence-electron chi connectivity index (χ3n) is 1.79. The standard InChI is InChI=1S/C10H12O3S/c1-6-3-8(14)4-7(2)10(6)13-5-9(11)12/h3-4,14H,5H2,1-2H3,(H,11,12). The molecular formula is C10H12O3S. The molecule has 0 saturated carbocycles. The lowest BCUT2D eigenvalue weighted by Crippen LogP contribution is -2.10. The molecule has 1 rings (SSSR count). The van der Waals surface area contributed by atoms with Crippen molar-refractivity contribution in [3.63, 3.8) is 0 Å². The molecule has 0 fully saturated rings. The highest BCUT2D eigenvalue weighted by Crippen LogP contribution is 2.26. The number of carboxylic acid groups (broad SMARTS) is 1. The molecule has 1 aromatic rings. The van der Waals surface area contributed by atoms with Crippen LogP contribution in [0.15, 0.2) is 17.0 Å². The summed E-state index contributed by atoms with van der Waals surface area (Å²) in [6.45, 7) is 3.42. The van der Waals surface area contributed by atoms with E-state index in [2.05, 4.69) is 12.6 Å². The van der Waals surface area contributed by atoms with Crippen LogP contribution in [0.1, 0.15) is 11.1 Å². The Kier molecular flexibility index (Phi) is 3.41. The van der Waals surface area contributed by atoms with Gasteiger partial charge in [0.25, 0.3) is 0 Å². The van der Waals surface area contributed by atoms with Crippen LogP contribution in [0.3, 0.4) is 0 Å². The van der Waals surface area contributed by atoms with Crippen LogP contribution in [0.4, 0.5) is 0 Å². The molecule has 4 heteroatoms. The van der Waals surface area contributed by atoms with Crippen LogP contribution in [-0.2, 0) is 4.79 Å². The van der Waals surface area contributed by atoms with Crippen LogP contribution in [0.2, 0.25) is 0 Å². The molecule has 1 N–H and O–H groups in total. The zero-order chi connectivity index (χ0) is 10.7. The van der Waals surface area contributed by atoms with Crippen LogP contribution in [0.25, 0.3) is 0 Å². The molecule has 0 aliphatic rings. The summed E-state index contributed by atoms with van der Waals surface area (Å²) in [6.07, 6.45) is 0. The predicted molar refractivity (Wildman–Crippen MR) is 56.3 cm³/mol. The number of thiol groups is 1. The summed E-state index contributed by atoms with van der Waals surface area (Å²) in [5.41, 5.74) is 1.80. The van der Waals surface area contributed by atoms with Crippen molar-refractivity contribution in [2.75, 3.05) is 6.61 Å². The van der Waals surface area contributed by atoms with E-state index in [0.29, 0.717) is 5.75 Å². The van der Waals surface area contributed by atoms with E-state index in [4.69, 9.17) is 9.84 Å². The SMILES string of the molecule is Cc1cc(S)cc(C)c1OCC(=O)O. The first-order chi connectivity index (χ1) is 6.50. The number of benzene rings is 1. The van der Waals surface area contributed by atoms with E-state index in [9.17, 15) is 4.79 Å². The van der Waals surface area contributed by atoms with Crippen LogP contribution >= 0.6 is 12.6 Å². The molecule has 0 spiro atoms. The summed E-state index contributed by atoms with van der Waals surface area (Å²) < 4.78 is 5.15. The van der Waals surface area contributed by atoms with Crippen molar-refractivity contribution in [3.05, 3.63) is 23.3 Å². The molecule has 0 aromatic heterocycles. The number of aliphatic carboxylic acids is 1. The molecular weight excluding hydrogens is 200 g/mol. The minimum absolute atomic E-state index is 0.312. The van der Waals surface area contributed by atoms with Crippen molar-refractivity contribution in [1.29, 1.82) is 0 Å². The Bertz CT molecular complexity index is 337. The van der Waals surface area contributed by atoms with E-state index in [-0.39, 0.29) is 6.61 Å². The summed E-state index contributed by atoms with van der Waals surface area (Å²) in [4.78, 5) is 11.2. The molecule has 3 nitrogen and oxygen atoms in total. The molecule has 0 bridgehead atoms. The van der Waals surface area contributed by atoms with Gasteiger partial charge in [-0.05, 0) is 37.1 Å². The topological polar surface area (TPSA) is 46.5 Å². The van der Waals surface area contributed by atoms with Crippen LogP contribution in [0, 0.1) is 13.8 Å². The van der Waals surface area contributed by atoms with E-state index in [0.717, 1.165) is 16.0 Å². The van der Waals surface area contributed by atoms with Crippen LogP contribution in [0.5, 0.6) is 5.75 Å². The lowest BCUT2D eigenvalue weighted by molar-refractivity contribution is -0.139. The zero-order valence-electron chi connectivity index (χ0n) is 8.07.